The highest BCUT2D eigenvalue weighted by atomic mass is 35.5. The molecule has 2 N–H and O–H groups in total. The van der Waals surface area contributed by atoms with Crippen LogP contribution in [-0.4, -0.2) is 28.8 Å². The molecule has 2 aromatic rings. The predicted octanol–water partition coefficient (Wildman–Crippen LogP) is 3.37. The van der Waals surface area contributed by atoms with E-state index in [1.54, 1.807) is 0 Å². The van der Waals surface area contributed by atoms with Gasteiger partial charge in [0.05, 0.1) is 17.7 Å². The van der Waals surface area contributed by atoms with Gasteiger partial charge >= 0.3 is 0 Å². The summed E-state index contributed by atoms with van der Waals surface area (Å²) in [5.41, 5.74) is 4.33. The maximum Gasteiger partial charge on any atom is 0.228 e. The molecule has 2 aliphatic rings. The number of nitrogens with one attached hydrogen (secondary N) is 2. The number of benzene rings is 1. The molecule has 1 aliphatic heterocycles. The first-order chi connectivity index (χ1) is 13.1. The summed E-state index contributed by atoms with van der Waals surface area (Å²) in [6, 6.07) is 10.4. The number of hydrogen-bond donors (Lipinski definition) is 2. The zero-order valence-corrected chi connectivity index (χ0v) is 17.6. The van der Waals surface area contributed by atoms with Gasteiger partial charge in [0.25, 0.3) is 0 Å². The maximum atomic E-state index is 13.1. The quantitative estimate of drug-likeness (QED) is 0.806. The molecule has 152 valence electrons. The number of aromatic nitrogens is 2. The molecule has 2 heterocycles. The van der Waals surface area contributed by atoms with Gasteiger partial charge in [-0.15, -0.1) is 12.4 Å². The van der Waals surface area contributed by atoms with Crippen LogP contribution in [0.4, 0.5) is 0 Å². The van der Waals surface area contributed by atoms with Gasteiger partial charge in [-0.3, -0.25) is 9.48 Å². The van der Waals surface area contributed by atoms with Crippen molar-refractivity contribution < 1.29 is 4.79 Å². The first-order valence-corrected chi connectivity index (χ1v) is 10.2. The van der Waals surface area contributed by atoms with Crippen molar-refractivity contribution in [1.82, 2.24) is 20.4 Å². The second kappa shape index (κ2) is 8.66. The van der Waals surface area contributed by atoms with Crippen molar-refractivity contribution in [2.24, 2.45) is 11.3 Å². The van der Waals surface area contributed by atoms with E-state index in [0.717, 1.165) is 43.0 Å². The van der Waals surface area contributed by atoms with Crippen LogP contribution in [0, 0.1) is 25.2 Å². The number of hydrogen-bond acceptors (Lipinski definition) is 3. The average Bonchev–Trinajstić information content (AvgIpc) is 3.23. The highest BCUT2D eigenvalue weighted by molar-refractivity contribution is 5.85. The SMILES string of the molecule is Cc1nn(Cc2ccccc2)c(C)c1CNC(=O)[C@@]12CCCC[C@H]1CNC2.Cl. The molecular formula is C22H31ClN4O. The van der Waals surface area contributed by atoms with Gasteiger partial charge in [0.1, 0.15) is 0 Å². The number of nitrogens with zero attached hydrogens (tertiary/aromatic N) is 2. The van der Waals surface area contributed by atoms with Gasteiger partial charge in [-0.1, -0.05) is 43.2 Å². The van der Waals surface area contributed by atoms with E-state index < -0.39 is 0 Å². The first kappa shape index (κ1) is 20.9. The molecular weight excluding hydrogens is 372 g/mol. The second-order valence-corrected chi connectivity index (χ2v) is 8.21. The lowest BCUT2D eigenvalue weighted by molar-refractivity contribution is -0.134. The number of carbonyl (C=O) groups excluding carboxylic acids is 1. The van der Waals surface area contributed by atoms with Crippen molar-refractivity contribution in [3.05, 3.63) is 52.8 Å². The minimum absolute atomic E-state index is 0. The molecule has 6 heteroatoms. The third kappa shape index (κ3) is 3.83. The second-order valence-electron chi connectivity index (χ2n) is 8.21. The lowest BCUT2D eigenvalue weighted by atomic mass is 9.67. The largest absolute Gasteiger partial charge is 0.351 e. The van der Waals surface area contributed by atoms with Gasteiger partial charge < -0.3 is 10.6 Å². The van der Waals surface area contributed by atoms with Gasteiger partial charge in [-0.05, 0) is 44.7 Å². The molecule has 1 aromatic heterocycles. The van der Waals surface area contributed by atoms with E-state index in [0.29, 0.717) is 12.5 Å². The van der Waals surface area contributed by atoms with Gasteiger partial charge in [0.15, 0.2) is 0 Å². The smallest absolute Gasteiger partial charge is 0.228 e. The van der Waals surface area contributed by atoms with Crippen molar-refractivity contribution in [2.75, 3.05) is 13.1 Å². The Morgan fingerprint density at radius 2 is 2.07 bits per heavy atom. The molecule has 2 atom stereocenters. The summed E-state index contributed by atoms with van der Waals surface area (Å²) < 4.78 is 2.05. The lowest BCUT2D eigenvalue weighted by Crippen LogP contribution is -2.47. The van der Waals surface area contributed by atoms with Crippen LogP contribution in [0.3, 0.4) is 0 Å². The van der Waals surface area contributed by atoms with E-state index in [4.69, 9.17) is 5.10 Å². The van der Waals surface area contributed by atoms with E-state index in [2.05, 4.69) is 41.8 Å². The molecule has 1 aliphatic carbocycles. The number of fused-ring (bicyclic) bond motifs is 1. The van der Waals surface area contributed by atoms with E-state index in [1.165, 1.54) is 24.8 Å². The summed E-state index contributed by atoms with van der Waals surface area (Å²) in [5.74, 6) is 0.723. The maximum absolute atomic E-state index is 13.1. The van der Waals surface area contributed by atoms with Gasteiger partial charge in [-0.25, -0.2) is 0 Å². The monoisotopic (exact) mass is 402 g/mol. The van der Waals surface area contributed by atoms with Crippen LogP contribution in [0.5, 0.6) is 0 Å². The molecule has 1 saturated carbocycles. The van der Waals surface area contributed by atoms with E-state index in [9.17, 15) is 4.79 Å². The lowest BCUT2D eigenvalue weighted by Gasteiger charge is -2.37. The van der Waals surface area contributed by atoms with Crippen LogP contribution in [0.15, 0.2) is 30.3 Å². The first-order valence-electron chi connectivity index (χ1n) is 10.2. The Morgan fingerprint density at radius 1 is 1.29 bits per heavy atom. The third-order valence-electron chi connectivity index (χ3n) is 6.62. The zero-order chi connectivity index (χ0) is 18.9. The average molecular weight is 403 g/mol. The van der Waals surface area contributed by atoms with Gasteiger partial charge in [-0.2, -0.15) is 5.10 Å². The molecule has 28 heavy (non-hydrogen) atoms. The highest BCUT2D eigenvalue weighted by Gasteiger charge is 2.49. The Bertz CT molecular complexity index is 819. The van der Waals surface area contributed by atoms with Crippen molar-refractivity contribution in [3.63, 3.8) is 0 Å². The molecule has 1 saturated heterocycles. The van der Waals surface area contributed by atoms with E-state index in [1.807, 2.05) is 17.7 Å². The van der Waals surface area contributed by atoms with Crippen molar-refractivity contribution in [3.8, 4) is 0 Å². The summed E-state index contributed by atoms with van der Waals surface area (Å²) in [4.78, 5) is 13.1. The Hall–Kier alpha value is -1.85. The Morgan fingerprint density at radius 3 is 2.86 bits per heavy atom. The number of aryl methyl sites for hydroxylation is 1. The number of rotatable bonds is 5. The predicted molar refractivity (Wildman–Crippen MR) is 114 cm³/mol. The molecule has 4 rings (SSSR count). The summed E-state index contributed by atoms with van der Waals surface area (Å²) in [6.45, 7) is 7.28. The minimum atomic E-state index is -0.194. The van der Waals surface area contributed by atoms with Crippen LogP contribution in [0.1, 0.15) is 48.2 Å². The Labute approximate surface area is 173 Å². The van der Waals surface area contributed by atoms with Crippen molar-refractivity contribution in [1.29, 1.82) is 0 Å². The normalized spacial score (nSPS) is 23.7. The number of amides is 1. The topological polar surface area (TPSA) is 59.0 Å². The molecule has 0 unspecified atom stereocenters. The fraction of sp³-hybridized carbons (Fsp3) is 0.545. The van der Waals surface area contributed by atoms with Gasteiger partial charge in [0.2, 0.25) is 5.91 Å². The highest BCUT2D eigenvalue weighted by Crippen LogP contribution is 2.43. The molecule has 2 fully saturated rings. The summed E-state index contributed by atoms with van der Waals surface area (Å²) in [6.07, 6.45) is 4.61. The fourth-order valence-electron chi connectivity index (χ4n) is 4.94. The summed E-state index contributed by atoms with van der Waals surface area (Å²) in [5, 5.41) is 11.4. The van der Waals surface area contributed by atoms with Crippen LogP contribution in [0.2, 0.25) is 0 Å². The number of halogens is 1. The Balaban J connectivity index is 0.00000225. The van der Waals surface area contributed by atoms with Crippen LogP contribution < -0.4 is 10.6 Å². The Kier molecular flexibility index (Phi) is 6.46. The minimum Gasteiger partial charge on any atom is -0.351 e. The van der Waals surface area contributed by atoms with E-state index in [-0.39, 0.29) is 23.7 Å². The molecule has 0 bridgehead atoms. The molecule has 1 amide bonds. The number of carbonyl (C=O) groups is 1. The standard InChI is InChI=1S/C22H30N4O.ClH/c1-16-20(17(2)26(25-16)14-18-8-4-3-5-9-18)13-24-21(27)22-11-7-6-10-19(22)12-23-15-22;/h3-5,8-9,19,23H,6-7,10-15H2,1-2H3,(H,24,27);1H/t19-,22+;/m0./s1. The van der Waals surface area contributed by atoms with E-state index >= 15 is 0 Å². The molecule has 0 spiro atoms. The van der Waals surface area contributed by atoms with Crippen molar-refractivity contribution >= 4 is 18.3 Å². The molecule has 1 aromatic carbocycles. The zero-order valence-electron chi connectivity index (χ0n) is 16.8. The van der Waals surface area contributed by atoms with Crippen molar-refractivity contribution in [2.45, 2.75) is 52.6 Å². The van der Waals surface area contributed by atoms with Gasteiger partial charge in [0, 0.05) is 24.3 Å². The van der Waals surface area contributed by atoms with Crippen LogP contribution in [0.25, 0.3) is 0 Å². The third-order valence-corrected chi connectivity index (χ3v) is 6.62. The molecule has 0 radical (unpaired) electrons. The van der Waals surface area contributed by atoms with Crippen LogP contribution in [-0.2, 0) is 17.9 Å². The molecule has 5 nitrogen and oxygen atoms in total. The fourth-order valence-corrected chi connectivity index (χ4v) is 4.94. The summed E-state index contributed by atoms with van der Waals surface area (Å²) >= 11 is 0. The summed E-state index contributed by atoms with van der Waals surface area (Å²) in [7, 11) is 0. The van der Waals surface area contributed by atoms with Crippen LogP contribution >= 0.6 is 12.4 Å².